The highest BCUT2D eigenvalue weighted by Gasteiger charge is 2.47. The zero-order chi connectivity index (χ0) is 20.3. The van der Waals surface area contributed by atoms with Crippen LogP contribution >= 0.6 is 0 Å². The molecule has 0 bridgehead atoms. The number of carbonyl (C=O) groups excluding carboxylic acids is 2. The molecule has 1 N–H and O–H groups in total. The van der Waals surface area contributed by atoms with Gasteiger partial charge < -0.3 is 29.5 Å². The lowest BCUT2D eigenvalue weighted by atomic mass is 9.91. The first kappa shape index (κ1) is 20.8. The number of nitrogens with one attached hydrogen (secondary N) is 1. The second-order valence-corrected chi connectivity index (χ2v) is 8.64. The van der Waals surface area contributed by atoms with Crippen molar-refractivity contribution in [1.29, 1.82) is 0 Å². The van der Waals surface area contributed by atoms with Crippen molar-refractivity contribution in [2.45, 2.75) is 31.5 Å². The van der Waals surface area contributed by atoms with Crippen molar-refractivity contribution < 1.29 is 19.1 Å². The minimum atomic E-state index is -0.430. The van der Waals surface area contributed by atoms with Gasteiger partial charge in [0.25, 0.3) is 5.91 Å². The Morgan fingerprint density at radius 3 is 2.48 bits per heavy atom. The van der Waals surface area contributed by atoms with Crippen molar-refractivity contribution in [2.75, 3.05) is 85.1 Å². The van der Waals surface area contributed by atoms with Gasteiger partial charge in [0, 0.05) is 78.3 Å². The van der Waals surface area contributed by atoms with Crippen LogP contribution in [0, 0.1) is 0 Å². The summed E-state index contributed by atoms with van der Waals surface area (Å²) in [7, 11) is 0. The van der Waals surface area contributed by atoms with Crippen LogP contribution in [0.5, 0.6) is 0 Å². The van der Waals surface area contributed by atoms with Crippen molar-refractivity contribution >= 4 is 12.0 Å². The second kappa shape index (κ2) is 9.16. The van der Waals surface area contributed by atoms with E-state index in [9.17, 15) is 9.59 Å². The number of likely N-dealkylation sites (N-methyl/N-ethyl adjacent to an activating group) is 1. The van der Waals surface area contributed by atoms with Gasteiger partial charge in [0.05, 0.1) is 13.2 Å². The Balaban J connectivity index is 1.22. The van der Waals surface area contributed by atoms with Gasteiger partial charge in [-0.1, -0.05) is 6.92 Å². The van der Waals surface area contributed by atoms with Crippen molar-refractivity contribution in [3.8, 4) is 0 Å². The molecule has 4 aliphatic heterocycles. The van der Waals surface area contributed by atoms with Crippen LogP contribution in [0.15, 0.2) is 0 Å². The Morgan fingerprint density at radius 1 is 1.10 bits per heavy atom. The summed E-state index contributed by atoms with van der Waals surface area (Å²) >= 11 is 0. The average molecular weight is 410 g/mol. The fourth-order valence-electron chi connectivity index (χ4n) is 4.78. The minimum absolute atomic E-state index is 0.0550. The van der Waals surface area contributed by atoms with E-state index >= 15 is 0 Å². The molecule has 0 saturated carbocycles. The molecule has 0 aromatic rings. The maximum atomic E-state index is 12.6. The molecule has 0 aromatic heterocycles. The molecule has 2 amide bonds. The molecule has 29 heavy (non-hydrogen) atoms. The molecule has 4 saturated heterocycles. The van der Waals surface area contributed by atoms with Crippen LogP contribution in [0.3, 0.4) is 0 Å². The summed E-state index contributed by atoms with van der Waals surface area (Å²) < 4.78 is 11.4. The van der Waals surface area contributed by atoms with Crippen molar-refractivity contribution in [3.63, 3.8) is 0 Å². The normalized spacial score (nSPS) is 28.7. The molecule has 164 valence electrons. The van der Waals surface area contributed by atoms with Gasteiger partial charge >= 0.3 is 6.09 Å². The van der Waals surface area contributed by atoms with Crippen LogP contribution in [0.2, 0.25) is 0 Å². The molecular weight excluding hydrogens is 374 g/mol. The molecule has 4 heterocycles. The lowest BCUT2D eigenvalue weighted by Crippen LogP contribution is -2.54. The number of carbonyl (C=O) groups is 2. The average Bonchev–Trinajstić information content (AvgIpc) is 3.08. The summed E-state index contributed by atoms with van der Waals surface area (Å²) in [5, 5.41) is 3.21. The first-order valence-electron chi connectivity index (χ1n) is 11.1. The molecule has 0 aromatic carbocycles. The molecule has 4 aliphatic rings. The Morgan fingerprint density at radius 2 is 1.83 bits per heavy atom. The number of likely N-dealkylation sites (tertiary alicyclic amines) is 1. The van der Waals surface area contributed by atoms with Crippen LogP contribution in [0.1, 0.15) is 19.8 Å². The molecule has 0 radical (unpaired) electrons. The number of hydrogen-bond acceptors (Lipinski definition) is 7. The maximum Gasteiger partial charge on any atom is 0.410 e. The number of piperidine rings is 1. The number of piperazine rings is 1. The largest absolute Gasteiger partial charge is 0.441 e. The van der Waals surface area contributed by atoms with Gasteiger partial charge in [-0.25, -0.2) is 4.79 Å². The van der Waals surface area contributed by atoms with Crippen LogP contribution in [0.4, 0.5) is 4.79 Å². The Labute approximate surface area is 173 Å². The number of hydrogen-bond donors (Lipinski definition) is 1. The van der Waals surface area contributed by atoms with Gasteiger partial charge in [0.1, 0.15) is 11.7 Å². The predicted molar refractivity (Wildman–Crippen MR) is 108 cm³/mol. The lowest BCUT2D eigenvalue weighted by molar-refractivity contribution is -0.148. The fourth-order valence-corrected chi connectivity index (χ4v) is 4.78. The van der Waals surface area contributed by atoms with E-state index in [4.69, 9.17) is 9.47 Å². The van der Waals surface area contributed by atoms with E-state index in [0.717, 1.165) is 52.4 Å². The van der Waals surface area contributed by atoms with Crippen LogP contribution in [-0.2, 0) is 14.3 Å². The molecular formula is C20H35N5O4. The highest BCUT2D eigenvalue weighted by Crippen LogP contribution is 2.33. The Bertz CT molecular complexity index is 581. The van der Waals surface area contributed by atoms with Crippen molar-refractivity contribution in [1.82, 2.24) is 24.9 Å². The standard InChI is InChI=1S/C20H35N5O4/c1-2-22-8-10-23(11-9-22)12-13-25-16-20(29-19(25)27)3-6-24(7-4-20)18(26)17-15-21-5-14-28-17/h17,21H,2-16H2,1H3/t17-/m0/s1. The highest BCUT2D eigenvalue weighted by atomic mass is 16.6. The number of morpholine rings is 1. The summed E-state index contributed by atoms with van der Waals surface area (Å²) in [6.07, 6.45) is 0.831. The van der Waals surface area contributed by atoms with Gasteiger partial charge in [0.2, 0.25) is 0 Å². The first-order chi connectivity index (χ1) is 14.1. The minimum Gasteiger partial charge on any atom is -0.441 e. The van der Waals surface area contributed by atoms with Gasteiger partial charge in [0.15, 0.2) is 0 Å². The third-order valence-corrected chi connectivity index (χ3v) is 6.83. The fraction of sp³-hybridized carbons (Fsp3) is 0.900. The van der Waals surface area contributed by atoms with Crippen molar-refractivity contribution in [2.24, 2.45) is 0 Å². The second-order valence-electron chi connectivity index (χ2n) is 8.64. The van der Waals surface area contributed by atoms with Crippen LogP contribution in [-0.4, -0.2) is 128 Å². The summed E-state index contributed by atoms with van der Waals surface area (Å²) in [5.74, 6) is 0.0550. The smallest absolute Gasteiger partial charge is 0.410 e. The van der Waals surface area contributed by atoms with E-state index in [0.29, 0.717) is 45.6 Å². The molecule has 1 spiro atoms. The van der Waals surface area contributed by atoms with Gasteiger partial charge in [-0.05, 0) is 6.54 Å². The maximum absolute atomic E-state index is 12.6. The summed E-state index contributed by atoms with van der Waals surface area (Å²) in [4.78, 5) is 33.7. The zero-order valence-electron chi connectivity index (χ0n) is 17.6. The summed E-state index contributed by atoms with van der Waals surface area (Å²) in [6, 6.07) is 0. The number of amides is 2. The number of nitrogens with zero attached hydrogens (tertiary/aromatic N) is 4. The zero-order valence-corrected chi connectivity index (χ0v) is 17.6. The van der Waals surface area contributed by atoms with Crippen molar-refractivity contribution in [3.05, 3.63) is 0 Å². The quantitative estimate of drug-likeness (QED) is 0.651. The molecule has 1 atom stereocenters. The van der Waals surface area contributed by atoms with Crippen LogP contribution in [0.25, 0.3) is 0 Å². The van der Waals surface area contributed by atoms with E-state index in [1.807, 2.05) is 9.80 Å². The molecule has 9 heteroatoms. The molecule has 9 nitrogen and oxygen atoms in total. The van der Waals surface area contributed by atoms with E-state index in [1.165, 1.54) is 0 Å². The lowest BCUT2D eigenvalue weighted by Gasteiger charge is -2.39. The van der Waals surface area contributed by atoms with Crippen LogP contribution < -0.4 is 5.32 Å². The first-order valence-corrected chi connectivity index (χ1v) is 11.1. The van der Waals surface area contributed by atoms with Gasteiger partial charge in [-0.3, -0.25) is 9.69 Å². The number of ether oxygens (including phenoxy) is 2. The van der Waals surface area contributed by atoms with E-state index < -0.39 is 5.60 Å². The number of rotatable bonds is 5. The summed E-state index contributed by atoms with van der Waals surface area (Å²) in [5.41, 5.74) is -0.430. The van der Waals surface area contributed by atoms with Gasteiger partial charge in [-0.2, -0.15) is 0 Å². The Kier molecular flexibility index (Phi) is 6.58. The monoisotopic (exact) mass is 409 g/mol. The molecule has 4 fully saturated rings. The predicted octanol–water partition coefficient (Wildman–Crippen LogP) is -0.574. The molecule has 4 rings (SSSR count). The molecule has 0 aliphatic carbocycles. The SMILES string of the molecule is CCN1CCN(CCN2CC3(CCN(C(=O)[C@@H]4CNCCO4)CC3)OC2=O)CC1. The van der Waals surface area contributed by atoms with E-state index in [2.05, 4.69) is 22.0 Å². The third-order valence-electron chi connectivity index (χ3n) is 6.83. The van der Waals surface area contributed by atoms with Gasteiger partial charge in [-0.15, -0.1) is 0 Å². The van der Waals surface area contributed by atoms with E-state index in [-0.39, 0.29) is 18.1 Å². The Hall–Kier alpha value is -1.42. The molecule has 0 unspecified atom stereocenters. The summed E-state index contributed by atoms with van der Waals surface area (Å²) in [6.45, 7) is 13.1. The highest BCUT2D eigenvalue weighted by molar-refractivity contribution is 5.81. The third kappa shape index (κ3) is 4.84. The topological polar surface area (TPSA) is 77.6 Å². The van der Waals surface area contributed by atoms with E-state index in [1.54, 1.807) is 0 Å².